The third-order valence-corrected chi connectivity index (χ3v) is 11.1. The highest BCUT2D eigenvalue weighted by molar-refractivity contribution is 7.25. The zero-order chi connectivity index (χ0) is 10.3. The van der Waals surface area contributed by atoms with E-state index in [-0.39, 0.29) is 0 Å². The smallest absolute Gasteiger partial charge is 0.0987 e. The van der Waals surface area contributed by atoms with Gasteiger partial charge in [0.1, 0.15) is 0 Å². The monoisotopic (exact) mass is 212 g/mol. The average Bonchev–Trinajstić information content (AvgIpc) is 2.33. The number of aryl methyl sites for hydroxylation is 1. The summed E-state index contributed by atoms with van der Waals surface area (Å²) in [4.78, 5) is 0. The van der Waals surface area contributed by atoms with Crippen LogP contribution in [0.1, 0.15) is 26.3 Å². The molecule has 0 spiro atoms. The zero-order valence-corrected chi connectivity index (χ0v) is 11.4. The predicted molar refractivity (Wildman–Crippen MR) is 65.9 cm³/mol. The lowest BCUT2D eigenvalue weighted by atomic mass is 10.2. The molecule has 0 aliphatic rings. The van der Waals surface area contributed by atoms with Gasteiger partial charge < -0.3 is 0 Å². The molecule has 0 bridgehead atoms. The van der Waals surface area contributed by atoms with Gasteiger partial charge in [0, 0.05) is 0 Å². The Morgan fingerprint density at radius 1 is 1.23 bits per heavy atom. The lowest BCUT2D eigenvalue weighted by molar-refractivity contribution is 0.730. The lowest BCUT2D eigenvalue weighted by Gasteiger charge is -2.35. The second-order valence-corrected chi connectivity index (χ2v) is 11.9. The van der Waals surface area contributed by atoms with Crippen LogP contribution in [0.4, 0.5) is 0 Å². The van der Waals surface area contributed by atoms with Gasteiger partial charge in [-0.15, -0.1) is 0 Å². The molecular formula is C11H20SSi. The van der Waals surface area contributed by atoms with Gasteiger partial charge in [-0.3, -0.25) is 0 Å². The van der Waals surface area contributed by atoms with Crippen molar-refractivity contribution in [3.8, 4) is 0 Å². The predicted octanol–water partition coefficient (Wildman–Crippen LogP) is 3.77. The van der Waals surface area contributed by atoms with E-state index in [0.717, 1.165) is 0 Å². The normalized spacial score (nSPS) is 13.4. The third kappa shape index (κ3) is 2.05. The van der Waals surface area contributed by atoms with Gasteiger partial charge in [0.05, 0.1) is 8.07 Å². The van der Waals surface area contributed by atoms with Gasteiger partial charge in [-0.05, 0) is 33.5 Å². The second-order valence-electron chi connectivity index (χ2n) is 5.36. The molecule has 74 valence electrons. The number of hydrogen-bond donors (Lipinski definition) is 0. The molecule has 0 aromatic carbocycles. The highest BCUT2D eigenvalue weighted by Crippen LogP contribution is 2.36. The van der Waals surface area contributed by atoms with Crippen LogP contribution in [0, 0.1) is 6.92 Å². The number of thiophene rings is 1. The van der Waals surface area contributed by atoms with Crippen molar-refractivity contribution in [2.24, 2.45) is 0 Å². The molecule has 0 amide bonds. The summed E-state index contributed by atoms with van der Waals surface area (Å²) < 4.78 is 1.64. The molecule has 0 N–H and O–H groups in total. The van der Waals surface area contributed by atoms with Gasteiger partial charge in [-0.1, -0.05) is 33.9 Å². The lowest BCUT2D eigenvalue weighted by Crippen LogP contribution is -2.47. The fraction of sp³-hybridized carbons (Fsp3) is 0.636. The third-order valence-electron chi connectivity index (χ3n) is 3.22. The molecule has 0 unspecified atom stereocenters. The molecule has 0 saturated carbocycles. The Morgan fingerprint density at radius 3 is 2.08 bits per heavy atom. The second kappa shape index (κ2) is 3.25. The minimum Gasteiger partial charge on any atom is -0.153 e. The van der Waals surface area contributed by atoms with Crippen LogP contribution in [-0.2, 0) is 0 Å². The quantitative estimate of drug-likeness (QED) is 0.622. The van der Waals surface area contributed by atoms with Crippen LogP contribution in [0.15, 0.2) is 11.4 Å². The summed E-state index contributed by atoms with van der Waals surface area (Å²) >= 11 is 1.95. The van der Waals surface area contributed by atoms with E-state index in [1.54, 1.807) is 4.50 Å². The van der Waals surface area contributed by atoms with Gasteiger partial charge >= 0.3 is 0 Å². The molecular weight excluding hydrogens is 192 g/mol. The molecule has 1 rings (SSSR count). The van der Waals surface area contributed by atoms with Crippen molar-refractivity contribution in [3.63, 3.8) is 0 Å². The molecule has 0 saturated heterocycles. The van der Waals surface area contributed by atoms with Crippen molar-refractivity contribution in [3.05, 3.63) is 17.0 Å². The van der Waals surface area contributed by atoms with Crippen LogP contribution in [-0.4, -0.2) is 8.07 Å². The zero-order valence-electron chi connectivity index (χ0n) is 9.56. The Kier molecular flexibility index (Phi) is 2.75. The first-order chi connectivity index (χ1) is 5.75. The van der Waals surface area contributed by atoms with Crippen LogP contribution in [0.3, 0.4) is 0 Å². The molecule has 0 nitrogen and oxygen atoms in total. The van der Waals surface area contributed by atoms with Crippen LogP contribution in [0.25, 0.3) is 0 Å². The van der Waals surface area contributed by atoms with Gasteiger partial charge in [0.15, 0.2) is 0 Å². The van der Waals surface area contributed by atoms with Gasteiger partial charge in [0.2, 0.25) is 0 Å². The van der Waals surface area contributed by atoms with E-state index in [2.05, 4.69) is 52.2 Å². The van der Waals surface area contributed by atoms with E-state index in [1.165, 1.54) is 5.56 Å². The summed E-state index contributed by atoms with van der Waals surface area (Å²) in [6.45, 7) is 14.2. The Balaban J connectivity index is 3.07. The van der Waals surface area contributed by atoms with E-state index < -0.39 is 8.07 Å². The molecule has 0 aliphatic carbocycles. The maximum Gasteiger partial charge on any atom is 0.0987 e. The summed E-state index contributed by atoms with van der Waals surface area (Å²) in [6, 6.07) is 2.38. The van der Waals surface area contributed by atoms with Crippen molar-refractivity contribution in [2.75, 3.05) is 0 Å². The van der Waals surface area contributed by atoms with E-state index >= 15 is 0 Å². The topological polar surface area (TPSA) is 0 Å². The van der Waals surface area contributed by atoms with Crippen LogP contribution in [0.5, 0.6) is 0 Å². The van der Waals surface area contributed by atoms with Crippen molar-refractivity contribution >= 4 is 23.9 Å². The van der Waals surface area contributed by atoms with Gasteiger partial charge in [0.25, 0.3) is 0 Å². The highest BCUT2D eigenvalue weighted by atomic mass is 32.1. The maximum absolute atomic E-state index is 2.47. The maximum atomic E-state index is 2.47. The van der Waals surface area contributed by atoms with E-state index in [1.807, 2.05) is 11.3 Å². The van der Waals surface area contributed by atoms with Gasteiger partial charge in [-0.2, -0.15) is 11.3 Å². The Hall–Kier alpha value is -0.0831. The molecule has 13 heavy (non-hydrogen) atoms. The Bertz CT molecular complexity index is 291. The molecule has 0 atom stereocenters. The minimum atomic E-state index is -1.24. The SMILES string of the molecule is Cc1csc([Si](C)(C)C(C)(C)C)c1. The Labute approximate surface area is 87.0 Å². The fourth-order valence-electron chi connectivity index (χ4n) is 1.13. The molecule has 1 aromatic heterocycles. The summed E-state index contributed by atoms with van der Waals surface area (Å²) in [6.07, 6.45) is 0. The highest BCUT2D eigenvalue weighted by Gasteiger charge is 2.37. The molecule has 1 heterocycles. The Morgan fingerprint density at radius 2 is 1.77 bits per heavy atom. The molecule has 1 aromatic rings. The first kappa shape index (κ1) is 11.0. The standard InChI is InChI=1S/C11H20SSi/c1-9-7-10(12-8-9)13(5,6)11(2,3)4/h7-8H,1-6H3. The number of hydrogen-bond acceptors (Lipinski definition) is 1. The molecule has 2 heteroatoms. The summed E-state index contributed by atoms with van der Waals surface area (Å²) in [5.74, 6) is 0. The molecule has 0 radical (unpaired) electrons. The van der Waals surface area contributed by atoms with Crippen molar-refractivity contribution in [2.45, 2.75) is 45.8 Å². The molecule has 0 fully saturated rings. The first-order valence-corrected chi connectivity index (χ1v) is 8.69. The van der Waals surface area contributed by atoms with Crippen LogP contribution < -0.4 is 4.50 Å². The van der Waals surface area contributed by atoms with Crippen molar-refractivity contribution in [1.82, 2.24) is 0 Å². The van der Waals surface area contributed by atoms with Crippen molar-refractivity contribution < 1.29 is 0 Å². The largest absolute Gasteiger partial charge is 0.153 e. The minimum absolute atomic E-state index is 0.463. The van der Waals surface area contributed by atoms with E-state index in [4.69, 9.17) is 0 Å². The fourth-order valence-corrected chi connectivity index (χ4v) is 5.36. The van der Waals surface area contributed by atoms with E-state index in [0.29, 0.717) is 5.04 Å². The summed E-state index contributed by atoms with van der Waals surface area (Å²) in [5, 5.41) is 2.74. The van der Waals surface area contributed by atoms with E-state index in [9.17, 15) is 0 Å². The average molecular weight is 212 g/mol. The van der Waals surface area contributed by atoms with Crippen LogP contribution in [0.2, 0.25) is 18.1 Å². The summed E-state index contributed by atoms with van der Waals surface area (Å²) in [7, 11) is -1.24. The first-order valence-electron chi connectivity index (χ1n) is 4.81. The molecule has 0 aliphatic heterocycles. The van der Waals surface area contributed by atoms with Crippen molar-refractivity contribution in [1.29, 1.82) is 0 Å². The number of rotatable bonds is 1. The van der Waals surface area contributed by atoms with Gasteiger partial charge in [-0.25, -0.2) is 0 Å². The van der Waals surface area contributed by atoms with Crippen LogP contribution >= 0.6 is 11.3 Å². The summed E-state index contributed by atoms with van der Waals surface area (Å²) in [5.41, 5.74) is 1.42.